The van der Waals surface area contributed by atoms with Gasteiger partial charge in [-0.05, 0) is 50.7 Å². The van der Waals surface area contributed by atoms with Gasteiger partial charge in [0, 0.05) is 25.2 Å². The summed E-state index contributed by atoms with van der Waals surface area (Å²) in [6.45, 7) is 0. The van der Waals surface area contributed by atoms with Crippen molar-refractivity contribution in [2.45, 2.75) is 69.5 Å². The molecular formula is C22H29N3O3. The van der Waals surface area contributed by atoms with E-state index < -0.39 is 0 Å². The second kappa shape index (κ2) is 8.03. The van der Waals surface area contributed by atoms with Gasteiger partial charge in [0.15, 0.2) is 0 Å². The number of carbonyl (C=O) groups excluding carboxylic acids is 3. The summed E-state index contributed by atoms with van der Waals surface area (Å²) < 4.78 is 0. The summed E-state index contributed by atoms with van der Waals surface area (Å²) in [5.41, 5.74) is 1.05. The van der Waals surface area contributed by atoms with Gasteiger partial charge in [-0.2, -0.15) is 0 Å². The van der Waals surface area contributed by atoms with Crippen molar-refractivity contribution in [3.05, 3.63) is 35.4 Å². The third-order valence-electron chi connectivity index (χ3n) is 6.64. The maximum Gasteiger partial charge on any atom is 0.261 e. The molecule has 28 heavy (non-hydrogen) atoms. The molecule has 2 fully saturated rings. The van der Waals surface area contributed by atoms with E-state index in [0.29, 0.717) is 11.1 Å². The highest BCUT2D eigenvalue weighted by molar-refractivity contribution is 6.21. The second-order valence-corrected chi connectivity index (χ2v) is 8.32. The Balaban J connectivity index is 1.44. The zero-order valence-electron chi connectivity index (χ0n) is 16.4. The van der Waals surface area contributed by atoms with E-state index >= 15 is 0 Å². The fourth-order valence-electron chi connectivity index (χ4n) is 5.22. The van der Waals surface area contributed by atoms with Crippen LogP contribution in [0, 0.1) is 5.92 Å². The van der Waals surface area contributed by atoms with Crippen molar-refractivity contribution >= 4 is 17.7 Å². The zero-order valence-corrected chi connectivity index (χ0v) is 16.4. The number of rotatable bonds is 4. The molecule has 0 unspecified atom stereocenters. The molecule has 1 aliphatic heterocycles. The molecule has 1 aromatic rings. The monoisotopic (exact) mass is 383 g/mol. The van der Waals surface area contributed by atoms with E-state index in [2.05, 4.69) is 10.6 Å². The number of hydrogen-bond acceptors (Lipinski definition) is 4. The Hall–Kier alpha value is -2.21. The topological polar surface area (TPSA) is 78.5 Å². The van der Waals surface area contributed by atoms with Gasteiger partial charge in [-0.3, -0.25) is 19.3 Å². The number of nitrogens with one attached hydrogen (secondary N) is 2. The number of benzene rings is 1. The van der Waals surface area contributed by atoms with Gasteiger partial charge < -0.3 is 10.6 Å². The van der Waals surface area contributed by atoms with Crippen molar-refractivity contribution in [1.82, 2.24) is 15.5 Å². The SMILES string of the molecule is CNC(=O)[C@@H]1CCCC[C@@H]1N[C@H]1CCC[C@H](N2C(=O)c3ccccc3C2=O)C1. The molecule has 0 aromatic heterocycles. The molecule has 0 spiro atoms. The van der Waals surface area contributed by atoms with Crippen molar-refractivity contribution in [3.63, 3.8) is 0 Å². The average molecular weight is 383 g/mol. The van der Waals surface area contributed by atoms with Crippen molar-refractivity contribution in [2.24, 2.45) is 5.92 Å². The summed E-state index contributed by atoms with van der Waals surface area (Å²) in [5, 5.41) is 6.52. The van der Waals surface area contributed by atoms with Gasteiger partial charge in [-0.1, -0.05) is 25.0 Å². The molecule has 0 radical (unpaired) electrons. The van der Waals surface area contributed by atoms with Crippen LogP contribution in [0.15, 0.2) is 24.3 Å². The van der Waals surface area contributed by atoms with Crippen molar-refractivity contribution < 1.29 is 14.4 Å². The highest BCUT2D eigenvalue weighted by Gasteiger charge is 2.42. The number of fused-ring (bicyclic) bond motifs is 1. The number of amides is 3. The largest absolute Gasteiger partial charge is 0.359 e. The summed E-state index contributed by atoms with van der Waals surface area (Å²) in [6.07, 6.45) is 7.79. The van der Waals surface area contributed by atoms with E-state index in [4.69, 9.17) is 0 Å². The minimum atomic E-state index is -0.160. The van der Waals surface area contributed by atoms with Crippen molar-refractivity contribution in [3.8, 4) is 0 Å². The number of hydrogen-bond donors (Lipinski definition) is 2. The molecule has 1 heterocycles. The fourth-order valence-corrected chi connectivity index (χ4v) is 5.22. The average Bonchev–Trinajstić information content (AvgIpc) is 2.99. The van der Waals surface area contributed by atoms with Crippen LogP contribution in [0.25, 0.3) is 0 Å². The van der Waals surface area contributed by atoms with Crippen LogP contribution in [0.3, 0.4) is 0 Å². The quantitative estimate of drug-likeness (QED) is 0.783. The van der Waals surface area contributed by atoms with E-state index in [1.165, 1.54) is 4.90 Å². The Kier molecular flexibility index (Phi) is 5.49. The van der Waals surface area contributed by atoms with Crippen LogP contribution < -0.4 is 10.6 Å². The van der Waals surface area contributed by atoms with Gasteiger partial charge in [-0.25, -0.2) is 0 Å². The molecule has 6 heteroatoms. The lowest BCUT2D eigenvalue weighted by Crippen LogP contribution is -2.53. The molecule has 2 aliphatic carbocycles. The molecule has 3 aliphatic rings. The number of imide groups is 1. The molecule has 150 valence electrons. The maximum absolute atomic E-state index is 12.8. The van der Waals surface area contributed by atoms with Crippen LogP contribution in [0.5, 0.6) is 0 Å². The summed E-state index contributed by atoms with van der Waals surface area (Å²) in [7, 11) is 1.70. The molecule has 0 bridgehead atoms. The van der Waals surface area contributed by atoms with E-state index in [9.17, 15) is 14.4 Å². The Labute approximate surface area is 166 Å². The molecule has 3 amide bonds. The minimum Gasteiger partial charge on any atom is -0.359 e. The van der Waals surface area contributed by atoms with Crippen molar-refractivity contribution in [1.29, 1.82) is 0 Å². The predicted octanol–water partition coefficient (Wildman–Crippen LogP) is 2.49. The van der Waals surface area contributed by atoms with E-state index in [-0.39, 0.29) is 41.8 Å². The molecule has 2 saturated carbocycles. The molecule has 1 aromatic carbocycles. The van der Waals surface area contributed by atoms with Gasteiger partial charge in [0.1, 0.15) is 0 Å². The zero-order chi connectivity index (χ0) is 19.7. The smallest absolute Gasteiger partial charge is 0.261 e. The first-order valence-electron chi connectivity index (χ1n) is 10.5. The second-order valence-electron chi connectivity index (χ2n) is 8.32. The summed E-state index contributed by atoms with van der Waals surface area (Å²) in [4.78, 5) is 39.4. The van der Waals surface area contributed by atoms with Gasteiger partial charge >= 0.3 is 0 Å². The standard InChI is InChI=1S/C22H29N3O3/c1-23-20(26)18-11-4-5-12-19(18)24-14-7-6-8-15(13-14)25-21(27)16-9-2-3-10-17(16)22(25)28/h2-3,9-10,14-15,18-19,24H,4-8,11-13H2,1H3,(H,23,26)/t14-,15-,18+,19-/m0/s1. The Morgan fingerprint density at radius 1 is 0.964 bits per heavy atom. The van der Waals surface area contributed by atoms with E-state index in [0.717, 1.165) is 51.4 Å². The van der Waals surface area contributed by atoms with Gasteiger partial charge in [0.2, 0.25) is 5.91 Å². The minimum absolute atomic E-state index is 0.0124. The number of carbonyl (C=O) groups is 3. The van der Waals surface area contributed by atoms with Crippen LogP contribution in [-0.4, -0.2) is 47.8 Å². The molecular weight excluding hydrogens is 354 g/mol. The van der Waals surface area contributed by atoms with Crippen LogP contribution in [0.2, 0.25) is 0 Å². The van der Waals surface area contributed by atoms with E-state index in [1.807, 2.05) is 0 Å². The fraction of sp³-hybridized carbons (Fsp3) is 0.591. The Bertz CT molecular complexity index is 743. The van der Waals surface area contributed by atoms with Crippen LogP contribution in [-0.2, 0) is 4.79 Å². The highest BCUT2D eigenvalue weighted by atomic mass is 16.2. The molecule has 4 rings (SSSR count). The van der Waals surface area contributed by atoms with E-state index in [1.54, 1.807) is 31.3 Å². The van der Waals surface area contributed by atoms with Gasteiger partial charge in [0.05, 0.1) is 17.0 Å². The summed E-state index contributed by atoms with van der Waals surface area (Å²) >= 11 is 0. The first-order valence-corrected chi connectivity index (χ1v) is 10.5. The molecule has 2 N–H and O–H groups in total. The first kappa shape index (κ1) is 19.1. The van der Waals surface area contributed by atoms with Gasteiger partial charge in [-0.15, -0.1) is 0 Å². The van der Waals surface area contributed by atoms with Crippen LogP contribution >= 0.6 is 0 Å². The lowest BCUT2D eigenvalue weighted by molar-refractivity contribution is -0.126. The Morgan fingerprint density at radius 3 is 2.32 bits per heavy atom. The van der Waals surface area contributed by atoms with Crippen LogP contribution in [0.4, 0.5) is 0 Å². The molecule has 6 nitrogen and oxygen atoms in total. The van der Waals surface area contributed by atoms with Crippen molar-refractivity contribution in [2.75, 3.05) is 7.05 Å². The number of nitrogens with zero attached hydrogens (tertiary/aromatic N) is 1. The van der Waals surface area contributed by atoms with Gasteiger partial charge in [0.25, 0.3) is 11.8 Å². The molecule has 0 saturated heterocycles. The van der Waals surface area contributed by atoms with Crippen LogP contribution in [0.1, 0.15) is 72.1 Å². The maximum atomic E-state index is 12.8. The lowest BCUT2D eigenvalue weighted by Gasteiger charge is -2.39. The normalized spacial score (nSPS) is 30.2. The molecule has 4 atom stereocenters. The first-order chi connectivity index (χ1) is 13.6. The highest BCUT2D eigenvalue weighted by Crippen LogP contribution is 2.32. The predicted molar refractivity (Wildman–Crippen MR) is 106 cm³/mol. The third-order valence-corrected chi connectivity index (χ3v) is 6.64. The Morgan fingerprint density at radius 2 is 1.64 bits per heavy atom. The summed E-state index contributed by atoms with van der Waals surface area (Å²) in [5.74, 6) is -0.192. The third kappa shape index (κ3) is 3.46. The lowest BCUT2D eigenvalue weighted by atomic mass is 9.82. The summed E-state index contributed by atoms with van der Waals surface area (Å²) in [6, 6.07) is 7.44.